The summed E-state index contributed by atoms with van der Waals surface area (Å²) < 4.78 is 0. The monoisotopic (exact) mass is 222 g/mol. The SMILES string of the molecule is CC1(C)CCCC(c2ccc(C=O)s2)C1. The average molecular weight is 222 g/mol. The highest BCUT2D eigenvalue weighted by Gasteiger charge is 2.29. The molecule has 1 saturated carbocycles. The molecule has 0 saturated heterocycles. The van der Waals surface area contributed by atoms with Crippen molar-refractivity contribution in [2.45, 2.75) is 45.4 Å². The van der Waals surface area contributed by atoms with Crippen molar-refractivity contribution in [2.24, 2.45) is 5.41 Å². The minimum atomic E-state index is 0.480. The van der Waals surface area contributed by atoms with E-state index < -0.39 is 0 Å². The number of hydrogen-bond donors (Lipinski definition) is 0. The van der Waals surface area contributed by atoms with Gasteiger partial charge in [-0.15, -0.1) is 11.3 Å². The normalized spacial score (nSPS) is 25.1. The summed E-state index contributed by atoms with van der Waals surface area (Å²) in [5.41, 5.74) is 0.480. The van der Waals surface area contributed by atoms with Crippen LogP contribution in [0.1, 0.15) is 60.0 Å². The highest BCUT2D eigenvalue weighted by molar-refractivity contribution is 7.13. The Morgan fingerprint density at radius 1 is 1.47 bits per heavy atom. The van der Waals surface area contributed by atoms with Gasteiger partial charge in [0.1, 0.15) is 0 Å². The largest absolute Gasteiger partial charge is 0.297 e. The minimum absolute atomic E-state index is 0.480. The van der Waals surface area contributed by atoms with Gasteiger partial charge in [0, 0.05) is 4.88 Å². The molecule has 1 unspecified atom stereocenters. The van der Waals surface area contributed by atoms with E-state index in [1.807, 2.05) is 6.07 Å². The van der Waals surface area contributed by atoms with Crippen molar-refractivity contribution in [1.82, 2.24) is 0 Å². The van der Waals surface area contributed by atoms with Gasteiger partial charge in [-0.05, 0) is 42.7 Å². The van der Waals surface area contributed by atoms with E-state index >= 15 is 0 Å². The second-order valence-electron chi connectivity index (χ2n) is 5.32. The number of carbonyl (C=O) groups is 1. The predicted octanol–water partition coefficient (Wildman–Crippen LogP) is 4.24. The van der Waals surface area contributed by atoms with Crippen LogP contribution in [-0.2, 0) is 0 Å². The number of carbonyl (C=O) groups excluding carboxylic acids is 1. The third-order valence-corrected chi connectivity index (χ3v) is 4.54. The van der Waals surface area contributed by atoms with Crippen molar-refractivity contribution in [1.29, 1.82) is 0 Å². The molecule has 0 bridgehead atoms. The van der Waals surface area contributed by atoms with E-state index in [9.17, 15) is 4.79 Å². The summed E-state index contributed by atoms with van der Waals surface area (Å²) in [5, 5.41) is 0. The highest BCUT2D eigenvalue weighted by atomic mass is 32.1. The smallest absolute Gasteiger partial charge is 0.160 e. The quantitative estimate of drug-likeness (QED) is 0.684. The molecule has 0 aliphatic heterocycles. The Hall–Kier alpha value is -0.630. The van der Waals surface area contributed by atoms with Crippen molar-refractivity contribution in [3.8, 4) is 0 Å². The molecular weight excluding hydrogens is 204 g/mol. The molecule has 2 heteroatoms. The molecule has 1 aliphatic rings. The highest BCUT2D eigenvalue weighted by Crippen LogP contribution is 2.44. The van der Waals surface area contributed by atoms with Gasteiger partial charge in [0.15, 0.2) is 6.29 Å². The minimum Gasteiger partial charge on any atom is -0.297 e. The zero-order valence-corrected chi connectivity index (χ0v) is 10.3. The second kappa shape index (κ2) is 4.09. The Morgan fingerprint density at radius 3 is 2.87 bits per heavy atom. The van der Waals surface area contributed by atoms with E-state index in [1.54, 1.807) is 11.3 Å². The number of thiophene rings is 1. The van der Waals surface area contributed by atoms with E-state index in [2.05, 4.69) is 19.9 Å². The fraction of sp³-hybridized carbons (Fsp3) is 0.615. The molecular formula is C13H18OS. The van der Waals surface area contributed by atoms with Gasteiger partial charge in [0.05, 0.1) is 4.88 Å². The van der Waals surface area contributed by atoms with Gasteiger partial charge in [-0.25, -0.2) is 0 Å². The van der Waals surface area contributed by atoms with Gasteiger partial charge in [-0.3, -0.25) is 4.79 Å². The molecule has 0 amide bonds. The van der Waals surface area contributed by atoms with Crippen molar-refractivity contribution in [3.05, 3.63) is 21.9 Å². The fourth-order valence-corrected chi connectivity index (χ4v) is 3.55. The summed E-state index contributed by atoms with van der Waals surface area (Å²) in [5.74, 6) is 0.687. The molecule has 1 atom stereocenters. The van der Waals surface area contributed by atoms with E-state index in [-0.39, 0.29) is 0 Å². The third-order valence-electron chi connectivity index (χ3n) is 3.37. The van der Waals surface area contributed by atoms with E-state index in [0.29, 0.717) is 11.3 Å². The lowest BCUT2D eigenvalue weighted by Crippen LogP contribution is -2.20. The summed E-state index contributed by atoms with van der Waals surface area (Å²) in [6, 6.07) is 4.09. The molecule has 2 rings (SSSR count). The van der Waals surface area contributed by atoms with Gasteiger partial charge < -0.3 is 0 Å². The lowest BCUT2D eigenvalue weighted by molar-refractivity contribution is 0.112. The first-order valence-corrected chi connectivity index (χ1v) is 6.47. The first kappa shape index (κ1) is 10.9. The molecule has 0 spiro atoms. The second-order valence-corrected chi connectivity index (χ2v) is 6.46. The summed E-state index contributed by atoms with van der Waals surface area (Å²) >= 11 is 1.67. The maximum Gasteiger partial charge on any atom is 0.160 e. The summed E-state index contributed by atoms with van der Waals surface area (Å²) in [6.45, 7) is 4.71. The van der Waals surface area contributed by atoms with Crippen LogP contribution in [0.25, 0.3) is 0 Å². The molecule has 1 aromatic rings. The standard InChI is InChI=1S/C13H18OS/c1-13(2)7-3-4-10(8-13)12-6-5-11(9-14)15-12/h5-6,9-10H,3-4,7-8H2,1-2H3. The average Bonchev–Trinajstić information content (AvgIpc) is 2.64. The Morgan fingerprint density at radius 2 is 2.27 bits per heavy atom. The lowest BCUT2D eigenvalue weighted by Gasteiger charge is -2.34. The van der Waals surface area contributed by atoms with E-state index in [1.165, 1.54) is 30.6 Å². The first-order chi connectivity index (χ1) is 7.11. The lowest BCUT2D eigenvalue weighted by atomic mass is 9.72. The van der Waals surface area contributed by atoms with Crippen LogP contribution < -0.4 is 0 Å². The number of aldehydes is 1. The van der Waals surface area contributed by atoms with Crippen LogP contribution >= 0.6 is 11.3 Å². The third kappa shape index (κ3) is 2.49. The topological polar surface area (TPSA) is 17.1 Å². The first-order valence-electron chi connectivity index (χ1n) is 5.66. The maximum absolute atomic E-state index is 10.6. The molecule has 0 aromatic carbocycles. The zero-order valence-electron chi connectivity index (χ0n) is 9.45. The summed E-state index contributed by atoms with van der Waals surface area (Å²) in [7, 11) is 0. The molecule has 82 valence electrons. The summed E-state index contributed by atoms with van der Waals surface area (Å²) in [6.07, 6.45) is 6.19. The Bertz CT molecular complexity index is 351. The Labute approximate surface area is 95.5 Å². The Kier molecular flexibility index (Phi) is 2.96. The number of rotatable bonds is 2. The van der Waals surface area contributed by atoms with Gasteiger partial charge >= 0.3 is 0 Å². The van der Waals surface area contributed by atoms with Crippen LogP contribution in [-0.4, -0.2) is 6.29 Å². The van der Waals surface area contributed by atoms with Gasteiger partial charge in [-0.2, -0.15) is 0 Å². The fourth-order valence-electron chi connectivity index (χ4n) is 2.59. The van der Waals surface area contributed by atoms with Crippen LogP contribution in [0, 0.1) is 5.41 Å². The van der Waals surface area contributed by atoms with Crippen molar-refractivity contribution >= 4 is 17.6 Å². The molecule has 1 heterocycles. The molecule has 0 N–H and O–H groups in total. The molecule has 1 aliphatic carbocycles. The summed E-state index contributed by atoms with van der Waals surface area (Å²) in [4.78, 5) is 12.9. The van der Waals surface area contributed by atoms with Crippen molar-refractivity contribution < 1.29 is 4.79 Å². The molecule has 1 aromatic heterocycles. The van der Waals surface area contributed by atoms with Gasteiger partial charge in [0.25, 0.3) is 0 Å². The van der Waals surface area contributed by atoms with Crippen LogP contribution in [0.2, 0.25) is 0 Å². The van der Waals surface area contributed by atoms with Crippen LogP contribution in [0.3, 0.4) is 0 Å². The zero-order chi connectivity index (χ0) is 10.9. The van der Waals surface area contributed by atoms with Crippen LogP contribution in [0.15, 0.2) is 12.1 Å². The predicted molar refractivity (Wildman–Crippen MR) is 64.7 cm³/mol. The van der Waals surface area contributed by atoms with Crippen molar-refractivity contribution in [2.75, 3.05) is 0 Å². The van der Waals surface area contributed by atoms with Crippen molar-refractivity contribution in [3.63, 3.8) is 0 Å². The molecule has 15 heavy (non-hydrogen) atoms. The Balaban J connectivity index is 2.13. The van der Waals surface area contributed by atoms with E-state index in [0.717, 1.165) is 11.2 Å². The van der Waals surface area contributed by atoms with E-state index in [4.69, 9.17) is 0 Å². The van der Waals surface area contributed by atoms with Gasteiger partial charge in [0.2, 0.25) is 0 Å². The molecule has 1 fully saturated rings. The maximum atomic E-state index is 10.6. The van der Waals surface area contributed by atoms with Gasteiger partial charge in [-0.1, -0.05) is 20.3 Å². The van der Waals surface area contributed by atoms with Crippen LogP contribution in [0.4, 0.5) is 0 Å². The molecule has 0 radical (unpaired) electrons. The van der Waals surface area contributed by atoms with Crippen LogP contribution in [0.5, 0.6) is 0 Å². The number of hydrogen-bond acceptors (Lipinski definition) is 2. The molecule has 1 nitrogen and oxygen atoms in total.